The van der Waals surface area contributed by atoms with E-state index >= 15 is 0 Å². The quantitative estimate of drug-likeness (QED) is 0.780. The number of pyridine rings is 1. The van der Waals surface area contributed by atoms with E-state index in [4.69, 9.17) is 0 Å². The first-order chi connectivity index (χ1) is 8.50. The van der Waals surface area contributed by atoms with Gasteiger partial charge in [0.05, 0.1) is 11.0 Å². The second-order valence-electron chi connectivity index (χ2n) is 3.95. The molecule has 1 aromatic heterocycles. The van der Waals surface area contributed by atoms with Crippen LogP contribution in [0.3, 0.4) is 0 Å². The van der Waals surface area contributed by atoms with Gasteiger partial charge in [0, 0.05) is 17.3 Å². The van der Waals surface area contributed by atoms with E-state index in [9.17, 15) is 13.6 Å². The predicted octanol–water partition coefficient (Wildman–Crippen LogP) is 3.25. The Morgan fingerprint density at radius 3 is 2.72 bits per heavy atom. The molecule has 0 bridgehead atoms. The molecule has 94 valence electrons. The Hall–Kier alpha value is -1.49. The summed E-state index contributed by atoms with van der Waals surface area (Å²) in [6.07, 6.45) is 1.51. The summed E-state index contributed by atoms with van der Waals surface area (Å²) >= 11 is 3.00. The van der Waals surface area contributed by atoms with Crippen LogP contribution in [-0.2, 0) is 6.54 Å². The Balaban J connectivity index is 2.50. The van der Waals surface area contributed by atoms with Crippen LogP contribution in [0.2, 0.25) is 0 Å². The molecule has 0 spiro atoms. The summed E-state index contributed by atoms with van der Waals surface area (Å²) in [6, 6.07) is 5.80. The van der Waals surface area contributed by atoms with Gasteiger partial charge in [-0.1, -0.05) is 6.07 Å². The minimum absolute atomic E-state index is 0.127. The van der Waals surface area contributed by atoms with Crippen molar-refractivity contribution in [2.75, 3.05) is 0 Å². The minimum Gasteiger partial charge on any atom is -0.311 e. The highest BCUT2D eigenvalue weighted by Crippen LogP contribution is 2.22. The number of aryl methyl sites for hydroxylation is 1. The van der Waals surface area contributed by atoms with Crippen LogP contribution in [0.5, 0.6) is 0 Å². The van der Waals surface area contributed by atoms with E-state index in [-0.39, 0.29) is 22.1 Å². The molecule has 0 aliphatic carbocycles. The average Bonchev–Trinajstić information content (AvgIpc) is 2.35. The summed E-state index contributed by atoms with van der Waals surface area (Å²) in [5.74, 6) is -1.34. The van der Waals surface area contributed by atoms with Crippen molar-refractivity contribution in [3.8, 4) is 0 Å². The number of rotatable bonds is 2. The maximum Gasteiger partial charge on any atom is 0.253 e. The normalized spacial score (nSPS) is 10.7. The molecule has 0 aliphatic rings. The summed E-state index contributed by atoms with van der Waals surface area (Å²) in [5.41, 5.74) is 0.154. The van der Waals surface area contributed by atoms with Gasteiger partial charge in [0.25, 0.3) is 5.56 Å². The van der Waals surface area contributed by atoms with Crippen LogP contribution >= 0.6 is 15.9 Å². The largest absolute Gasteiger partial charge is 0.311 e. The summed E-state index contributed by atoms with van der Waals surface area (Å²) in [5, 5.41) is 0. The van der Waals surface area contributed by atoms with Crippen LogP contribution in [0.25, 0.3) is 0 Å². The first-order valence-electron chi connectivity index (χ1n) is 5.29. The molecule has 0 amide bonds. The molecule has 0 N–H and O–H groups in total. The second kappa shape index (κ2) is 5.02. The number of aromatic nitrogens is 1. The highest BCUT2D eigenvalue weighted by atomic mass is 79.9. The van der Waals surface area contributed by atoms with Crippen molar-refractivity contribution in [3.63, 3.8) is 0 Å². The Morgan fingerprint density at radius 2 is 2.00 bits per heavy atom. The van der Waals surface area contributed by atoms with E-state index < -0.39 is 11.6 Å². The van der Waals surface area contributed by atoms with Crippen LogP contribution in [0.15, 0.2) is 39.7 Å². The zero-order chi connectivity index (χ0) is 13.3. The number of halogens is 3. The monoisotopic (exact) mass is 313 g/mol. The van der Waals surface area contributed by atoms with E-state index in [2.05, 4.69) is 15.9 Å². The van der Waals surface area contributed by atoms with Crippen molar-refractivity contribution in [3.05, 3.63) is 68.1 Å². The predicted molar refractivity (Wildman–Crippen MR) is 68.6 cm³/mol. The lowest BCUT2D eigenvalue weighted by molar-refractivity contribution is 0.537. The van der Waals surface area contributed by atoms with Gasteiger partial charge in [-0.05, 0) is 41.1 Å². The van der Waals surface area contributed by atoms with Gasteiger partial charge in [-0.15, -0.1) is 0 Å². The fraction of sp³-hybridized carbons (Fsp3) is 0.154. The zero-order valence-corrected chi connectivity index (χ0v) is 11.2. The molecule has 0 radical (unpaired) electrons. The van der Waals surface area contributed by atoms with Gasteiger partial charge in [-0.25, -0.2) is 8.78 Å². The van der Waals surface area contributed by atoms with Crippen LogP contribution < -0.4 is 5.56 Å². The van der Waals surface area contributed by atoms with Crippen molar-refractivity contribution < 1.29 is 8.78 Å². The molecule has 2 nitrogen and oxygen atoms in total. The molecule has 0 saturated heterocycles. The van der Waals surface area contributed by atoms with Crippen molar-refractivity contribution in [1.82, 2.24) is 4.57 Å². The Bertz CT molecular complexity index is 652. The van der Waals surface area contributed by atoms with E-state index in [0.717, 1.165) is 0 Å². The van der Waals surface area contributed by atoms with Crippen molar-refractivity contribution in [2.45, 2.75) is 13.5 Å². The van der Waals surface area contributed by atoms with Gasteiger partial charge in [-0.2, -0.15) is 0 Å². The third-order valence-electron chi connectivity index (χ3n) is 2.68. The van der Waals surface area contributed by atoms with Crippen LogP contribution in [0.4, 0.5) is 8.78 Å². The summed E-state index contributed by atoms with van der Waals surface area (Å²) in [7, 11) is 0. The molecule has 2 aromatic rings. The first-order valence-corrected chi connectivity index (χ1v) is 6.08. The van der Waals surface area contributed by atoms with Crippen LogP contribution in [-0.4, -0.2) is 4.57 Å². The molecule has 1 aromatic carbocycles. The molecule has 0 saturated carbocycles. The summed E-state index contributed by atoms with van der Waals surface area (Å²) < 4.78 is 28.8. The SMILES string of the molecule is Cc1cccn(Cc2c(F)ccc(Br)c2F)c1=O. The third-order valence-corrected chi connectivity index (χ3v) is 3.29. The number of benzene rings is 1. The lowest BCUT2D eigenvalue weighted by Gasteiger charge is -2.09. The van der Waals surface area contributed by atoms with Gasteiger partial charge >= 0.3 is 0 Å². The zero-order valence-electron chi connectivity index (χ0n) is 9.58. The Labute approximate surface area is 111 Å². The fourth-order valence-electron chi connectivity index (χ4n) is 1.67. The van der Waals surface area contributed by atoms with Crippen molar-refractivity contribution in [2.24, 2.45) is 0 Å². The molecule has 18 heavy (non-hydrogen) atoms. The van der Waals surface area contributed by atoms with Gasteiger partial charge < -0.3 is 4.57 Å². The van der Waals surface area contributed by atoms with Gasteiger partial charge in [-0.3, -0.25) is 4.79 Å². The Morgan fingerprint density at radius 1 is 1.28 bits per heavy atom. The summed E-state index contributed by atoms with van der Waals surface area (Å²) in [6.45, 7) is 1.53. The number of nitrogens with zero attached hydrogens (tertiary/aromatic N) is 1. The van der Waals surface area contributed by atoms with Crippen LogP contribution in [0, 0.1) is 18.6 Å². The molecule has 0 fully saturated rings. The first kappa shape index (κ1) is 13.0. The van der Waals surface area contributed by atoms with Crippen molar-refractivity contribution in [1.29, 1.82) is 0 Å². The maximum absolute atomic E-state index is 13.8. The van der Waals surface area contributed by atoms with Gasteiger partial charge in [0.1, 0.15) is 11.6 Å². The third kappa shape index (κ3) is 2.36. The molecule has 0 aliphatic heterocycles. The highest BCUT2D eigenvalue weighted by Gasteiger charge is 2.13. The Kier molecular flexibility index (Phi) is 3.61. The van der Waals surface area contributed by atoms with Crippen LogP contribution in [0.1, 0.15) is 11.1 Å². The van der Waals surface area contributed by atoms with E-state index in [0.29, 0.717) is 5.56 Å². The number of hydrogen-bond donors (Lipinski definition) is 0. The van der Waals surface area contributed by atoms with E-state index in [1.807, 2.05) is 0 Å². The number of hydrogen-bond acceptors (Lipinski definition) is 1. The highest BCUT2D eigenvalue weighted by molar-refractivity contribution is 9.10. The van der Waals surface area contributed by atoms with E-state index in [1.165, 1.54) is 22.9 Å². The second-order valence-corrected chi connectivity index (χ2v) is 4.80. The smallest absolute Gasteiger partial charge is 0.253 e. The fourth-order valence-corrected chi connectivity index (χ4v) is 2.04. The van der Waals surface area contributed by atoms with Crippen molar-refractivity contribution >= 4 is 15.9 Å². The lowest BCUT2D eigenvalue weighted by Crippen LogP contribution is -2.22. The molecule has 0 unspecified atom stereocenters. The molecule has 1 heterocycles. The summed E-state index contributed by atoms with van der Waals surface area (Å²) in [4.78, 5) is 11.8. The standard InChI is InChI=1S/C13H10BrF2NO/c1-8-3-2-6-17(13(8)18)7-9-11(15)5-4-10(14)12(9)16/h2-6H,7H2,1H3. The lowest BCUT2D eigenvalue weighted by atomic mass is 10.2. The maximum atomic E-state index is 13.8. The molecule has 2 rings (SSSR count). The molecular weight excluding hydrogens is 304 g/mol. The van der Waals surface area contributed by atoms with Gasteiger partial charge in [0.15, 0.2) is 0 Å². The molecular formula is C13H10BrF2NO. The van der Waals surface area contributed by atoms with E-state index in [1.54, 1.807) is 19.1 Å². The topological polar surface area (TPSA) is 22.0 Å². The van der Waals surface area contributed by atoms with Gasteiger partial charge in [0.2, 0.25) is 0 Å². The molecule has 0 atom stereocenters. The minimum atomic E-state index is -0.677. The average molecular weight is 314 g/mol. The molecule has 5 heteroatoms.